The van der Waals surface area contributed by atoms with Crippen LogP contribution in [0.1, 0.15) is 50.8 Å². The molecule has 2 N–H and O–H groups in total. The van der Waals surface area contributed by atoms with Gasteiger partial charge in [0.05, 0.1) is 0 Å². The van der Waals surface area contributed by atoms with Gasteiger partial charge < -0.3 is 5.73 Å². The lowest BCUT2D eigenvalue weighted by atomic mass is 9.89. The number of nitrogens with zero attached hydrogens (tertiary/aromatic N) is 1. The van der Waals surface area contributed by atoms with Crippen LogP contribution in [0.25, 0.3) is 0 Å². The van der Waals surface area contributed by atoms with Gasteiger partial charge in [0.2, 0.25) is 0 Å². The molecule has 2 atom stereocenters. The van der Waals surface area contributed by atoms with Gasteiger partial charge in [-0.25, -0.2) is 0 Å². The summed E-state index contributed by atoms with van der Waals surface area (Å²) >= 11 is 0. The maximum atomic E-state index is 6.01. The van der Waals surface area contributed by atoms with Crippen molar-refractivity contribution in [1.82, 2.24) is 4.90 Å². The average molecular weight is 260 g/mol. The van der Waals surface area contributed by atoms with E-state index in [1.165, 1.54) is 37.1 Å². The van der Waals surface area contributed by atoms with Crippen molar-refractivity contribution in [3.8, 4) is 0 Å². The Hall–Kier alpha value is -0.860. The molecule has 0 aliphatic carbocycles. The molecule has 2 rings (SSSR count). The van der Waals surface area contributed by atoms with Crippen LogP contribution >= 0.6 is 0 Å². The van der Waals surface area contributed by atoms with Crippen LogP contribution in [0.3, 0.4) is 0 Å². The number of rotatable bonds is 4. The van der Waals surface area contributed by atoms with Gasteiger partial charge in [-0.05, 0) is 63.2 Å². The van der Waals surface area contributed by atoms with Gasteiger partial charge in [0.25, 0.3) is 0 Å². The maximum Gasteiger partial charge on any atom is 0.0319 e. The van der Waals surface area contributed by atoms with E-state index in [0.29, 0.717) is 18.0 Å². The minimum absolute atomic E-state index is 0.348. The summed E-state index contributed by atoms with van der Waals surface area (Å²) in [6.07, 6.45) is 3.61. The van der Waals surface area contributed by atoms with E-state index in [2.05, 4.69) is 49.9 Å². The van der Waals surface area contributed by atoms with Crippen molar-refractivity contribution in [3.63, 3.8) is 0 Å². The van der Waals surface area contributed by atoms with E-state index in [1.54, 1.807) is 0 Å². The molecule has 1 aliphatic heterocycles. The van der Waals surface area contributed by atoms with Gasteiger partial charge in [0.15, 0.2) is 0 Å². The number of hydrogen-bond acceptors (Lipinski definition) is 2. The van der Waals surface area contributed by atoms with Crippen LogP contribution in [0.2, 0.25) is 0 Å². The van der Waals surface area contributed by atoms with Crippen LogP contribution < -0.4 is 5.73 Å². The zero-order valence-corrected chi connectivity index (χ0v) is 12.6. The molecule has 1 aromatic rings. The van der Waals surface area contributed by atoms with Gasteiger partial charge in [0, 0.05) is 12.1 Å². The molecule has 1 heterocycles. The number of aryl methyl sites for hydroxylation is 1. The molecule has 0 radical (unpaired) electrons. The van der Waals surface area contributed by atoms with Gasteiger partial charge in [0.1, 0.15) is 0 Å². The van der Waals surface area contributed by atoms with Crippen molar-refractivity contribution < 1.29 is 0 Å². The van der Waals surface area contributed by atoms with E-state index in [9.17, 15) is 0 Å². The molecule has 1 aliphatic rings. The molecule has 2 nitrogen and oxygen atoms in total. The van der Waals surface area contributed by atoms with Crippen LogP contribution in [0.4, 0.5) is 0 Å². The van der Waals surface area contributed by atoms with Crippen molar-refractivity contribution in [3.05, 3.63) is 35.4 Å². The molecule has 0 spiro atoms. The first-order valence-corrected chi connectivity index (χ1v) is 7.70. The fraction of sp³-hybridized carbons (Fsp3) is 0.647. The molecular weight excluding hydrogens is 232 g/mol. The molecule has 0 saturated carbocycles. The van der Waals surface area contributed by atoms with Gasteiger partial charge >= 0.3 is 0 Å². The summed E-state index contributed by atoms with van der Waals surface area (Å²) in [6.45, 7) is 9.05. The van der Waals surface area contributed by atoms with Crippen molar-refractivity contribution in [2.45, 2.75) is 52.1 Å². The second-order valence-corrected chi connectivity index (χ2v) is 6.00. The minimum Gasteiger partial charge on any atom is -0.328 e. The van der Waals surface area contributed by atoms with E-state index in [1.807, 2.05) is 0 Å². The van der Waals surface area contributed by atoms with Gasteiger partial charge in [-0.3, -0.25) is 4.90 Å². The third kappa shape index (κ3) is 3.58. The van der Waals surface area contributed by atoms with E-state index in [0.717, 1.165) is 6.42 Å². The van der Waals surface area contributed by atoms with Crippen molar-refractivity contribution in [2.75, 3.05) is 13.1 Å². The standard InChI is InChI=1S/C17H28N2/c1-4-15-5-7-17(8-6-15)14(3)19-11-9-16(10-12-19)13(2)18/h5-8,13-14,16H,4,9-12,18H2,1-3H3. The van der Waals surface area contributed by atoms with Crippen molar-refractivity contribution >= 4 is 0 Å². The fourth-order valence-electron chi connectivity index (χ4n) is 3.08. The molecule has 0 bridgehead atoms. The number of hydrogen-bond donors (Lipinski definition) is 1. The van der Waals surface area contributed by atoms with E-state index in [4.69, 9.17) is 5.73 Å². The number of benzene rings is 1. The first-order chi connectivity index (χ1) is 9.11. The van der Waals surface area contributed by atoms with Gasteiger partial charge in [-0.15, -0.1) is 0 Å². The fourth-order valence-corrected chi connectivity index (χ4v) is 3.08. The van der Waals surface area contributed by atoms with Gasteiger partial charge in [-0.1, -0.05) is 31.2 Å². The van der Waals surface area contributed by atoms with Crippen molar-refractivity contribution in [1.29, 1.82) is 0 Å². The highest BCUT2D eigenvalue weighted by Crippen LogP contribution is 2.27. The number of nitrogens with two attached hydrogens (primary N) is 1. The van der Waals surface area contributed by atoms with Crippen LogP contribution in [0, 0.1) is 5.92 Å². The second kappa shape index (κ2) is 6.53. The summed E-state index contributed by atoms with van der Waals surface area (Å²) in [7, 11) is 0. The Morgan fingerprint density at radius 1 is 1.16 bits per heavy atom. The lowest BCUT2D eigenvalue weighted by Crippen LogP contribution is -2.40. The van der Waals surface area contributed by atoms with E-state index in [-0.39, 0.29) is 0 Å². The Bertz CT molecular complexity index is 375. The molecule has 1 saturated heterocycles. The number of likely N-dealkylation sites (tertiary alicyclic amines) is 1. The zero-order valence-electron chi connectivity index (χ0n) is 12.6. The largest absolute Gasteiger partial charge is 0.328 e. The summed E-state index contributed by atoms with van der Waals surface area (Å²) in [6, 6.07) is 9.99. The smallest absolute Gasteiger partial charge is 0.0319 e. The molecule has 2 heteroatoms. The first kappa shape index (κ1) is 14.5. The normalized spacial score (nSPS) is 21.3. The lowest BCUT2D eigenvalue weighted by molar-refractivity contribution is 0.132. The van der Waals surface area contributed by atoms with E-state index >= 15 is 0 Å². The highest BCUT2D eigenvalue weighted by atomic mass is 15.2. The van der Waals surface area contributed by atoms with Gasteiger partial charge in [-0.2, -0.15) is 0 Å². The zero-order chi connectivity index (χ0) is 13.8. The molecular formula is C17H28N2. The molecule has 2 unspecified atom stereocenters. The molecule has 0 amide bonds. The van der Waals surface area contributed by atoms with Crippen LogP contribution in [0.5, 0.6) is 0 Å². The highest BCUT2D eigenvalue weighted by molar-refractivity contribution is 5.24. The summed E-state index contributed by atoms with van der Waals surface area (Å²) in [5.74, 6) is 0.714. The molecule has 1 aromatic carbocycles. The Morgan fingerprint density at radius 2 is 1.74 bits per heavy atom. The summed E-state index contributed by atoms with van der Waals surface area (Å²) in [5, 5.41) is 0. The first-order valence-electron chi connectivity index (χ1n) is 7.70. The molecule has 19 heavy (non-hydrogen) atoms. The Labute approximate surface area is 118 Å². The van der Waals surface area contributed by atoms with Crippen LogP contribution in [-0.4, -0.2) is 24.0 Å². The average Bonchev–Trinajstić information content (AvgIpc) is 2.46. The molecule has 106 valence electrons. The predicted octanol–water partition coefficient (Wildman–Crippen LogP) is 3.37. The summed E-state index contributed by atoms with van der Waals surface area (Å²) in [4.78, 5) is 2.60. The number of piperidine rings is 1. The second-order valence-electron chi connectivity index (χ2n) is 6.00. The molecule has 1 fully saturated rings. The summed E-state index contributed by atoms with van der Waals surface area (Å²) in [5.41, 5.74) is 8.88. The lowest BCUT2D eigenvalue weighted by Gasteiger charge is -2.37. The quantitative estimate of drug-likeness (QED) is 0.899. The van der Waals surface area contributed by atoms with E-state index < -0.39 is 0 Å². The predicted molar refractivity (Wildman–Crippen MR) is 82.2 cm³/mol. The third-order valence-corrected chi connectivity index (χ3v) is 4.74. The van der Waals surface area contributed by atoms with Crippen LogP contribution in [-0.2, 0) is 6.42 Å². The molecule has 0 aromatic heterocycles. The van der Waals surface area contributed by atoms with Crippen molar-refractivity contribution in [2.24, 2.45) is 11.7 Å². The minimum atomic E-state index is 0.348. The topological polar surface area (TPSA) is 29.3 Å². The monoisotopic (exact) mass is 260 g/mol. The summed E-state index contributed by atoms with van der Waals surface area (Å²) < 4.78 is 0. The third-order valence-electron chi connectivity index (χ3n) is 4.74. The SMILES string of the molecule is CCc1ccc(C(C)N2CCC(C(C)N)CC2)cc1. The van der Waals surface area contributed by atoms with Crippen LogP contribution in [0.15, 0.2) is 24.3 Å². The highest BCUT2D eigenvalue weighted by Gasteiger charge is 2.25. The Kier molecular flexibility index (Phi) is 5.00. The maximum absolute atomic E-state index is 6.01. The Balaban J connectivity index is 1.94. The Morgan fingerprint density at radius 3 is 2.21 bits per heavy atom.